The average molecular weight is 574 g/mol. The Kier molecular flexibility index (Phi) is 10.0. The van der Waals surface area contributed by atoms with E-state index in [9.17, 15) is 13.6 Å². The number of ether oxygens (including phenoxy) is 1. The van der Waals surface area contributed by atoms with Gasteiger partial charge in [-0.05, 0) is 92.1 Å². The summed E-state index contributed by atoms with van der Waals surface area (Å²) in [6, 6.07) is 20.8. The second-order valence-corrected chi connectivity index (χ2v) is 11.7. The van der Waals surface area contributed by atoms with Crippen LogP contribution in [0.4, 0.5) is 8.78 Å². The average Bonchev–Trinajstić information content (AvgIpc) is 2.99. The van der Waals surface area contributed by atoms with Gasteiger partial charge in [0, 0.05) is 50.9 Å². The van der Waals surface area contributed by atoms with E-state index in [-0.39, 0.29) is 18.1 Å². The molecule has 0 atom stereocenters. The smallest absolute Gasteiger partial charge is 0.247 e. The Morgan fingerprint density at radius 2 is 1.52 bits per heavy atom. The van der Waals surface area contributed by atoms with Crippen molar-refractivity contribution in [1.82, 2.24) is 15.1 Å². The van der Waals surface area contributed by atoms with Crippen molar-refractivity contribution >= 4 is 12.0 Å². The fraction of sp³-hybridized carbons (Fsp3) is 0.400. The van der Waals surface area contributed by atoms with E-state index in [0.717, 1.165) is 80.8 Å². The highest BCUT2D eigenvalue weighted by Gasteiger charge is 2.23. The standard InChI is InChI=1S/C35H41F2N3O2/c1-25-8-10-32(42-31-14-18-40(19-15-31)24-28-9-11-33(36)34(37)21-28)22-29(25)20-26(2)35(41)38-30-12-16-39(17-13-30)23-27-6-4-3-5-7-27/h3-11,20-22,30-31H,12-19,23-24H2,1-2H3,(H,38,41)/b26-20+. The van der Waals surface area contributed by atoms with E-state index in [0.29, 0.717) is 12.1 Å². The monoisotopic (exact) mass is 573 g/mol. The van der Waals surface area contributed by atoms with Crippen LogP contribution in [0.1, 0.15) is 54.9 Å². The minimum absolute atomic E-state index is 0.0179. The number of carbonyl (C=O) groups is 1. The molecule has 0 unspecified atom stereocenters. The van der Waals surface area contributed by atoms with Gasteiger partial charge in [-0.3, -0.25) is 14.6 Å². The predicted molar refractivity (Wildman–Crippen MR) is 163 cm³/mol. The molecule has 2 heterocycles. The van der Waals surface area contributed by atoms with Gasteiger partial charge in [0.15, 0.2) is 11.6 Å². The molecule has 7 heteroatoms. The molecule has 2 aliphatic rings. The molecular weight excluding hydrogens is 532 g/mol. The molecule has 42 heavy (non-hydrogen) atoms. The molecule has 2 saturated heterocycles. The van der Waals surface area contributed by atoms with Crippen LogP contribution in [0.3, 0.4) is 0 Å². The van der Waals surface area contributed by atoms with E-state index < -0.39 is 11.6 Å². The van der Waals surface area contributed by atoms with Gasteiger partial charge in [0.25, 0.3) is 0 Å². The van der Waals surface area contributed by atoms with Gasteiger partial charge < -0.3 is 10.1 Å². The second-order valence-electron chi connectivity index (χ2n) is 11.7. The lowest BCUT2D eigenvalue weighted by Gasteiger charge is -2.32. The first-order valence-electron chi connectivity index (χ1n) is 15.0. The Morgan fingerprint density at radius 3 is 2.21 bits per heavy atom. The Balaban J connectivity index is 1.09. The fourth-order valence-corrected chi connectivity index (χ4v) is 5.80. The summed E-state index contributed by atoms with van der Waals surface area (Å²) in [5.74, 6) is -0.840. The zero-order chi connectivity index (χ0) is 29.5. The number of hydrogen-bond acceptors (Lipinski definition) is 4. The molecule has 222 valence electrons. The van der Waals surface area contributed by atoms with Crippen LogP contribution in [0.2, 0.25) is 0 Å². The van der Waals surface area contributed by atoms with Crippen molar-refractivity contribution in [3.63, 3.8) is 0 Å². The molecule has 0 spiro atoms. The first kappa shape index (κ1) is 29.9. The topological polar surface area (TPSA) is 44.8 Å². The lowest BCUT2D eigenvalue weighted by molar-refractivity contribution is -0.118. The summed E-state index contributed by atoms with van der Waals surface area (Å²) in [5.41, 5.74) is 4.85. The number of nitrogens with one attached hydrogen (secondary N) is 1. The molecule has 3 aromatic rings. The van der Waals surface area contributed by atoms with Crippen molar-refractivity contribution in [3.8, 4) is 5.75 Å². The summed E-state index contributed by atoms with van der Waals surface area (Å²) in [6.45, 7) is 9.07. The third-order valence-electron chi connectivity index (χ3n) is 8.38. The van der Waals surface area contributed by atoms with Crippen molar-refractivity contribution in [1.29, 1.82) is 0 Å². The maximum atomic E-state index is 13.6. The molecule has 1 amide bonds. The molecule has 5 rings (SSSR count). The number of likely N-dealkylation sites (tertiary alicyclic amines) is 2. The molecule has 0 saturated carbocycles. The molecule has 3 aromatic carbocycles. The van der Waals surface area contributed by atoms with E-state index in [1.165, 1.54) is 17.7 Å². The number of nitrogens with zero attached hydrogens (tertiary/aromatic N) is 2. The van der Waals surface area contributed by atoms with E-state index in [2.05, 4.69) is 39.4 Å². The normalized spacial score (nSPS) is 17.8. The first-order valence-corrected chi connectivity index (χ1v) is 15.0. The van der Waals surface area contributed by atoms with Gasteiger partial charge in [-0.15, -0.1) is 0 Å². The van der Waals surface area contributed by atoms with Gasteiger partial charge in [0.1, 0.15) is 11.9 Å². The van der Waals surface area contributed by atoms with Gasteiger partial charge >= 0.3 is 0 Å². The maximum Gasteiger partial charge on any atom is 0.247 e. The van der Waals surface area contributed by atoms with E-state index in [1.807, 2.05) is 44.2 Å². The molecule has 2 aliphatic heterocycles. The molecule has 2 fully saturated rings. The Hall–Kier alpha value is -3.55. The number of piperidine rings is 2. The van der Waals surface area contributed by atoms with Crippen LogP contribution in [0.25, 0.3) is 6.08 Å². The van der Waals surface area contributed by atoms with Crippen LogP contribution in [-0.4, -0.2) is 54.0 Å². The SMILES string of the molecule is C/C(=C\c1cc(OC2CCN(Cc3ccc(F)c(F)c3)CC2)ccc1C)C(=O)NC1CCN(Cc2ccccc2)CC1. The zero-order valence-electron chi connectivity index (χ0n) is 24.6. The van der Waals surface area contributed by atoms with Crippen LogP contribution in [0.15, 0.2) is 72.3 Å². The van der Waals surface area contributed by atoms with Crippen LogP contribution >= 0.6 is 0 Å². The number of rotatable bonds is 9. The van der Waals surface area contributed by atoms with Gasteiger partial charge in [0.2, 0.25) is 5.91 Å². The van der Waals surface area contributed by atoms with Gasteiger partial charge in [-0.1, -0.05) is 42.5 Å². The maximum absolute atomic E-state index is 13.6. The number of hydrogen-bond donors (Lipinski definition) is 1. The van der Waals surface area contributed by atoms with E-state index in [1.54, 1.807) is 6.07 Å². The minimum atomic E-state index is -0.815. The first-order chi connectivity index (χ1) is 20.3. The van der Waals surface area contributed by atoms with Crippen LogP contribution in [-0.2, 0) is 17.9 Å². The lowest BCUT2D eigenvalue weighted by atomic mass is 10.0. The van der Waals surface area contributed by atoms with E-state index in [4.69, 9.17) is 4.74 Å². The second kappa shape index (κ2) is 14.1. The summed E-state index contributed by atoms with van der Waals surface area (Å²) >= 11 is 0. The fourth-order valence-electron chi connectivity index (χ4n) is 5.80. The highest BCUT2D eigenvalue weighted by Crippen LogP contribution is 2.25. The summed E-state index contributed by atoms with van der Waals surface area (Å²) in [4.78, 5) is 17.7. The summed E-state index contributed by atoms with van der Waals surface area (Å²) in [7, 11) is 0. The van der Waals surface area contributed by atoms with Crippen molar-refractivity contribution in [2.75, 3.05) is 26.2 Å². The lowest BCUT2D eigenvalue weighted by Crippen LogP contribution is -2.44. The number of amides is 1. The van der Waals surface area contributed by atoms with Crippen LogP contribution in [0.5, 0.6) is 5.75 Å². The summed E-state index contributed by atoms with van der Waals surface area (Å²) in [5, 5.41) is 3.24. The van der Waals surface area contributed by atoms with E-state index >= 15 is 0 Å². The highest BCUT2D eigenvalue weighted by molar-refractivity contribution is 5.97. The molecule has 0 radical (unpaired) electrons. The number of aryl methyl sites for hydroxylation is 1. The van der Waals surface area contributed by atoms with Gasteiger partial charge in [0.05, 0.1) is 0 Å². The quantitative estimate of drug-likeness (QED) is 0.297. The van der Waals surface area contributed by atoms with Crippen molar-refractivity contribution < 1.29 is 18.3 Å². The third kappa shape index (κ3) is 8.26. The van der Waals surface area contributed by atoms with Gasteiger partial charge in [-0.25, -0.2) is 8.78 Å². The molecule has 5 nitrogen and oxygen atoms in total. The zero-order valence-corrected chi connectivity index (χ0v) is 24.6. The molecule has 1 N–H and O–H groups in total. The van der Waals surface area contributed by atoms with Crippen molar-refractivity contribution in [3.05, 3.63) is 106 Å². The number of benzene rings is 3. The Bertz CT molecular complexity index is 1380. The minimum Gasteiger partial charge on any atom is -0.490 e. The Morgan fingerprint density at radius 1 is 0.857 bits per heavy atom. The molecular formula is C35H41F2N3O2. The highest BCUT2D eigenvalue weighted by atomic mass is 19.2. The number of carbonyl (C=O) groups excluding carboxylic acids is 1. The summed E-state index contributed by atoms with van der Waals surface area (Å²) in [6.07, 6.45) is 5.65. The summed E-state index contributed by atoms with van der Waals surface area (Å²) < 4.78 is 33.1. The molecule has 0 aliphatic carbocycles. The molecule has 0 aromatic heterocycles. The Labute approximate surface area is 248 Å². The van der Waals surface area contributed by atoms with Crippen LogP contribution < -0.4 is 10.1 Å². The van der Waals surface area contributed by atoms with Crippen LogP contribution in [0, 0.1) is 18.6 Å². The van der Waals surface area contributed by atoms with Crippen molar-refractivity contribution in [2.24, 2.45) is 0 Å². The van der Waals surface area contributed by atoms with Gasteiger partial charge in [-0.2, -0.15) is 0 Å². The third-order valence-corrected chi connectivity index (χ3v) is 8.38. The van der Waals surface area contributed by atoms with Crippen molar-refractivity contribution in [2.45, 2.75) is 64.8 Å². The molecule has 0 bridgehead atoms. The predicted octanol–water partition coefficient (Wildman–Crippen LogP) is 6.50. The number of halogens is 2. The largest absolute Gasteiger partial charge is 0.490 e.